The zero-order valence-corrected chi connectivity index (χ0v) is 9.87. The number of nitrogen functional groups attached to an aromatic ring is 1. The molecule has 19 heavy (non-hydrogen) atoms. The van der Waals surface area contributed by atoms with Crippen molar-refractivity contribution in [2.45, 2.75) is 0 Å². The average Bonchev–Trinajstić information content (AvgIpc) is 2.39. The van der Waals surface area contributed by atoms with Crippen LogP contribution in [-0.2, 0) is 0 Å². The average molecular weight is 257 g/mol. The van der Waals surface area contributed by atoms with E-state index in [9.17, 15) is 9.59 Å². The molecule has 2 aromatic carbocycles. The number of rotatable bonds is 3. The molecule has 0 amide bonds. The molecule has 0 heterocycles. The van der Waals surface area contributed by atoms with Crippen molar-refractivity contribution in [3.8, 4) is 5.75 Å². The van der Waals surface area contributed by atoms with Crippen molar-refractivity contribution in [3.05, 3.63) is 59.7 Å². The van der Waals surface area contributed by atoms with E-state index in [0.29, 0.717) is 11.3 Å². The molecule has 0 spiro atoms. The number of benzene rings is 2. The lowest BCUT2D eigenvalue weighted by Crippen LogP contribution is -2.09. The Bertz CT molecular complexity index is 637. The van der Waals surface area contributed by atoms with E-state index in [4.69, 9.17) is 15.6 Å². The van der Waals surface area contributed by atoms with Gasteiger partial charge in [0.1, 0.15) is 5.75 Å². The van der Waals surface area contributed by atoms with Crippen molar-refractivity contribution in [2.24, 2.45) is 0 Å². The molecule has 0 aromatic heterocycles. The largest absolute Gasteiger partial charge is 0.478 e. The molecule has 0 saturated heterocycles. The van der Waals surface area contributed by atoms with Gasteiger partial charge in [0.2, 0.25) is 0 Å². The minimum atomic E-state index is -1.08. The molecule has 0 radical (unpaired) electrons. The number of nitrogens with two attached hydrogens (primary N) is 1. The van der Waals surface area contributed by atoms with Crippen LogP contribution >= 0.6 is 0 Å². The maximum atomic E-state index is 11.8. The molecule has 0 fully saturated rings. The standard InChI is InChI=1S/C14H11NO4/c15-11-5-1-4-10(7-11)14(18)19-12-6-2-3-9(8-12)13(16)17/h1-8H,15H2,(H,16,17). The van der Waals surface area contributed by atoms with Gasteiger partial charge in [-0.2, -0.15) is 0 Å². The summed E-state index contributed by atoms with van der Waals surface area (Å²) in [4.78, 5) is 22.6. The van der Waals surface area contributed by atoms with E-state index in [1.807, 2.05) is 0 Å². The van der Waals surface area contributed by atoms with Crippen molar-refractivity contribution in [1.82, 2.24) is 0 Å². The summed E-state index contributed by atoms with van der Waals surface area (Å²) < 4.78 is 5.09. The fourth-order valence-electron chi connectivity index (χ4n) is 1.52. The van der Waals surface area contributed by atoms with Gasteiger partial charge in [0.05, 0.1) is 11.1 Å². The second kappa shape index (κ2) is 5.22. The van der Waals surface area contributed by atoms with E-state index in [2.05, 4.69) is 0 Å². The number of hydrogen-bond acceptors (Lipinski definition) is 4. The Morgan fingerprint density at radius 2 is 1.68 bits per heavy atom. The topological polar surface area (TPSA) is 89.6 Å². The molecule has 0 atom stereocenters. The number of ether oxygens (including phenoxy) is 1. The molecular weight excluding hydrogens is 246 g/mol. The van der Waals surface area contributed by atoms with Crippen LogP contribution in [0, 0.1) is 0 Å². The van der Waals surface area contributed by atoms with Gasteiger partial charge in [0.25, 0.3) is 0 Å². The van der Waals surface area contributed by atoms with Crippen LogP contribution in [0.1, 0.15) is 20.7 Å². The summed E-state index contributed by atoms with van der Waals surface area (Å²) in [6.07, 6.45) is 0. The second-order valence-corrected chi connectivity index (χ2v) is 3.85. The van der Waals surface area contributed by atoms with Gasteiger partial charge in [-0.05, 0) is 36.4 Å². The Morgan fingerprint density at radius 3 is 2.37 bits per heavy atom. The van der Waals surface area contributed by atoms with Gasteiger partial charge in [-0.3, -0.25) is 0 Å². The summed E-state index contributed by atoms with van der Waals surface area (Å²) in [5.41, 5.74) is 6.38. The van der Waals surface area contributed by atoms with Gasteiger partial charge in [0.15, 0.2) is 0 Å². The number of carbonyl (C=O) groups is 2. The number of carbonyl (C=O) groups excluding carboxylic acids is 1. The SMILES string of the molecule is Nc1cccc(C(=O)Oc2cccc(C(=O)O)c2)c1. The minimum absolute atomic E-state index is 0.0536. The summed E-state index contributed by atoms with van der Waals surface area (Å²) in [6, 6.07) is 12.1. The lowest BCUT2D eigenvalue weighted by atomic mass is 10.2. The van der Waals surface area contributed by atoms with Crippen molar-refractivity contribution in [1.29, 1.82) is 0 Å². The summed E-state index contributed by atoms with van der Waals surface area (Å²) in [5.74, 6) is -1.50. The zero-order valence-electron chi connectivity index (χ0n) is 9.87. The maximum absolute atomic E-state index is 11.8. The first-order valence-corrected chi connectivity index (χ1v) is 5.47. The third kappa shape index (κ3) is 3.10. The number of esters is 1. The maximum Gasteiger partial charge on any atom is 0.343 e. The molecule has 0 saturated carbocycles. The Balaban J connectivity index is 2.19. The second-order valence-electron chi connectivity index (χ2n) is 3.85. The molecule has 5 heteroatoms. The molecule has 5 nitrogen and oxygen atoms in total. The predicted octanol–water partition coefficient (Wildman–Crippen LogP) is 2.19. The van der Waals surface area contributed by atoms with Crippen LogP contribution in [0.25, 0.3) is 0 Å². The quantitative estimate of drug-likeness (QED) is 0.499. The van der Waals surface area contributed by atoms with Crippen LogP contribution in [0.4, 0.5) is 5.69 Å². The van der Waals surface area contributed by atoms with Crippen molar-refractivity contribution in [2.75, 3.05) is 5.73 Å². The molecule has 0 unspecified atom stereocenters. The monoisotopic (exact) mass is 257 g/mol. The molecule has 0 bridgehead atoms. The van der Waals surface area contributed by atoms with E-state index in [0.717, 1.165) is 0 Å². The third-order valence-corrected chi connectivity index (χ3v) is 2.41. The molecule has 0 aliphatic rings. The normalized spacial score (nSPS) is 9.89. The number of hydrogen-bond donors (Lipinski definition) is 2. The highest BCUT2D eigenvalue weighted by Crippen LogP contribution is 2.16. The van der Waals surface area contributed by atoms with Crippen molar-refractivity contribution in [3.63, 3.8) is 0 Å². The number of aromatic carboxylic acids is 1. The first-order valence-electron chi connectivity index (χ1n) is 5.47. The van der Waals surface area contributed by atoms with Gasteiger partial charge in [-0.1, -0.05) is 12.1 Å². The van der Waals surface area contributed by atoms with Gasteiger partial charge >= 0.3 is 11.9 Å². The van der Waals surface area contributed by atoms with Gasteiger partial charge < -0.3 is 15.6 Å². The van der Waals surface area contributed by atoms with Crippen LogP contribution in [0.2, 0.25) is 0 Å². The Labute approximate surface area is 109 Å². The van der Waals surface area contributed by atoms with Gasteiger partial charge in [0, 0.05) is 5.69 Å². The van der Waals surface area contributed by atoms with Crippen LogP contribution in [0.5, 0.6) is 5.75 Å². The lowest BCUT2D eigenvalue weighted by molar-refractivity contribution is 0.0687. The van der Waals surface area contributed by atoms with E-state index >= 15 is 0 Å². The van der Waals surface area contributed by atoms with Crippen molar-refractivity contribution < 1.29 is 19.4 Å². The van der Waals surface area contributed by atoms with Gasteiger partial charge in [-0.25, -0.2) is 9.59 Å². The van der Waals surface area contributed by atoms with Gasteiger partial charge in [-0.15, -0.1) is 0 Å². The molecule has 2 rings (SSSR count). The van der Waals surface area contributed by atoms with Crippen LogP contribution in [0.3, 0.4) is 0 Å². The summed E-state index contributed by atoms with van der Waals surface area (Å²) in [6.45, 7) is 0. The van der Waals surface area contributed by atoms with Crippen molar-refractivity contribution >= 4 is 17.6 Å². The minimum Gasteiger partial charge on any atom is -0.478 e. The molecular formula is C14H11NO4. The smallest absolute Gasteiger partial charge is 0.343 e. The molecule has 0 aliphatic heterocycles. The highest BCUT2D eigenvalue weighted by atomic mass is 16.5. The molecule has 2 aromatic rings. The Morgan fingerprint density at radius 1 is 1.00 bits per heavy atom. The summed E-state index contributed by atoms with van der Waals surface area (Å²) >= 11 is 0. The van der Waals surface area contributed by atoms with E-state index in [1.165, 1.54) is 30.3 Å². The Hall–Kier alpha value is -2.82. The summed E-state index contributed by atoms with van der Waals surface area (Å²) in [5, 5.41) is 8.84. The number of anilines is 1. The van der Waals surface area contributed by atoms with Crippen LogP contribution in [-0.4, -0.2) is 17.0 Å². The Kier molecular flexibility index (Phi) is 3.47. The first kappa shape index (κ1) is 12.6. The zero-order chi connectivity index (χ0) is 13.8. The first-order chi connectivity index (χ1) is 9.06. The number of carboxylic acid groups (broad SMARTS) is 1. The fourth-order valence-corrected chi connectivity index (χ4v) is 1.52. The molecule has 3 N–H and O–H groups in total. The van der Waals surface area contributed by atoms with Crippen LogP contribution in [0.15, 0.2) is 48.5 Å². The highest BCUT2D eigenvalue weighted by molar-refractivity contribution is 5.92. The third-order valence-electron chi connectivity index (χ3n) is 2.41. The highest BCUT2D eigenvalue weighted by Gasteiger charge is 2.10. The fraction of sp³-hybridized carbons (Fsp3) is 0. The lowest BCUT2D eigenvalue weighted by Gasteiger charge is -2.05. The molecule has 0 aliphatic carbocycles. The predicted molar refractivity (Wildman–Crippen MR) is 69.2 cm³/mol. The summed E-state index contributed by atoms with van der Waals surface area (Å²) in [7, 11) is 0. The van der Waals surface area contributed by atoms with E-state index < -0.39 is 11.9 Å². The molecule has 96 valence electrons. The van der Waals surface area contributed by atoms with Crippen LogP contribution < -0.4 is 10.5 Å². The van der Waals surface area contributed by atoms with E-state index in [-0.39, 0.29) is 11.3 Å². The number of carboxylic acids is 1. The van der Waals surface area contributed by atoms with E-state index in [1.54, 1.807) is 18.2 Å².